The molecule has 1 aromatic heterocycles. The molecular formula is C9H6INO2S. The molecule has 0 amide bonds. The van der Waals surface area contributed by atoms with E-state index in [0.29, 0.717) is 0 Å². The smallest absolute Gasteiger partial charge is 0.258 e. The van der Waals surface area contributed by atoms with E-state index in [-0.39, 0.29) is 10.6 Å². The van der Waals surface area contributed by atoms with Crippen LogP contribution in [0.15, 0.2) is 17.5 Å². The number of fused-ring (bicyclic) bond motifs is 1. The van der Waals surface area contributed by atoms with Crippen LogP contribution < -0.4 is 0 Å². The van der Waals surface area contributed by atoms with Gasteiger partial charge >= 0.3 is 0 Å². The molecule has 0 unspecified atom stereocenters. The van der Waals surface area contributed by atoms with Gasteiger partial charge in [0, 0.05) is 25.8 Å². The summed E-state index contributed by atoms with van der Waals surface area (Å²) in [4.78, 5) is 10.3. The van der Waals surface area contributed by atoms with Crippen LogP contribution in [0.5, 0.6) is 0 Å². The van der Waals surface area contributed by atoms with Crippen LogP contribution in [0, 0.1) is 20.6 Å². The zero-order valence-corrected chi connectivity index (χ0v) is 10.3. The molecule has 0 aliphatic carbocycles. The molecule has 72 valence electrons. The second-order valence-electron chi connectivity index (χ2n) is 2.98. The number of nitrogens with zero attached hydrogens (tertiary/aromatic N) is 1. The summed E-state index contributed by atoms with van der Waals surface area (Å²) >= 11 is 3.69. The Hall–Kier alpha value is -0.690. The Morgan fingerprint density at radius 2 is 2.21 bits per heavy atom. The third-order valence-corrected chi connectivity index (χ3v) is 3.90. The molecule has 0 bridgehead atoms. The standard InChI is InChI=1S/C9H6INO2S/c1-5-4-14-8-3-6(11(12)13)2-7(10)9(5)8/h2-4H,1H3. The van der Waals surface area contributed by atoms with Gasteiger partial charge < -0.3 is 0 Å². The molecule has 0 aliphatic heterocycles. The number of hydrogen-bond acceptors (Lipinski definition) is 3. The fourth-order valence-electron chi connectivity index (χ4n) is 1.36. The predicted molar refractivity (Wildman–Crippen MR) is 65.9 cm³/mol. The van der Waals surface area contributed by atoms with Gasteiger partial charge in [-0.2, -0.15) is 0 Å². The van der Waals surface area contributed by atoms with E-state index in [2.05, 4.69) is 22.6 Å². The van der Waals surface area contributed by atoms with Gasteiger partial charge in [0.2, 0.25) is 0 Å². The fraction of sp³-hybridized carbons (Fsp3) is 0.111. The number of non-ortho nitro benzene ring substituents is 1. The van der Waals surface area contributed by atoms with Crippen LogP contribution in [0.1, 0.15) is 5.56 Å². The van der Waals surface area contributed by atoms with E-state index in [1.807, 2.05) is 12.3 Å². The molecule has 0 aliphatic rings. The van der Waals surface area contributed by atoms with Crippen molar-refractivity contribution in [3.8, 4) is 0 Å². The summed E-state index contributed by atoms with van der Waals surface area (Å²) in [6.45, 7) is 2.02. The highest BCUT2D eigenvalue weighted by Crippen LogP contribution is 2.33. The van der Waals surface area contributed by atoms with E-state index in [1.54, 1.807) is 23.5 Å². The number of nitro benzene ring substituents is 1. The molecule has 5 heteroatoms. The van der Waals surface area contributed by atoms with Crippen LogP contribution in [0.2, 0.25) is 0 Å². The number of aryl methyl sites for hydroxylation is 1. The topological polar surface area (TPSA) is 43.1 Å². The van der Waals surface area contributed by atoms with E-state index >= 15 is 0 Å². The van der Waals surface area contributed by atoms with Crippen molar-refractivity contribution in [3.63, 3.8) is 0 Å². The van der Waals surface area contributed by atoms with Crippen molar-refractivity contribution in [1.29, 1.82) is 0 Å². The van der Waals surface area contributed by atoms with Crippen molar-refractivity contribution in [1.82, 2.24) is 0 Å². The Balaban J connectivity index is 2.80. The van der Waals surface area contributed by atoms with Crippen LogP contribution in [0.25, 0.3) is 10.1 Å². The quantitative estimate of drug-likeness (QED) is 0.457. The Morgan fingerprint density at radius 1 is 1.50 bits per heavy atom. The Labute approximate surface area is 98.0 Å². The highest BCUT2D eigenvalue weighted by molar-refractivity contribution is 14.1. The summed E-state index contributed by atoms with van der Waals surface area (Å²) < 4.78 is 1.94. The summed E-state index contributed by atoms with van der Waals surface area (Å²) in [5.41, 5.74) is 1.35. The zero-order chi connectivity index (χ0) is 10.3. The van der Waals surface area contributed by atoms with Crippen LogP contribution in [-0.4, -0.2) is 4.92 Å². The summed E-state index contributed by atoms with van der Waals surface area (Å²) in [5.74, 6) is 0. The van der Waals surface area contributed by atoms with Crippen molar-refractivity contribution in [2.45, 2.75) is 6.92 Å². The highest BCUT2D eigenvalue weighted by atomic mass is 127. The van der Waals surface area contributed by atoms with Gasteiger partial charge in [-0.1, -0.05) is 0 Å². The first-order valence-corrected chi connectivity index (χ1v) is 5.87. The lowest BCUT2D eigenvalue weighted by Gasteiger charge is -1.96. The van der Waals surface area contributed by atoms with Crippen LogP contribution in [-0.2, 0) is 0 Å². The first kappa shape index (κ1) is 9.85. The van der Waals surface area contributed by atoms with Gasteiger partial charge in [0.05, 0.1) is 4.92 Å². The molecule has 2 aromatic rings. The number of nitro groups is 1. The molecule has 0 spiro atoms. The van der Waals surface area contributed by atoms with Crippen molar-refractivity contribution in [3.05, 3.63) is 36.8 Å². The molecular weight excluding hydrogens is 313 g/mol. The maximum atomic E-state index is 10.6. The molecule has 1 aromatic carbocycles. The fourth-order valence-corrected chi connectivity index (χ4v) is 3.58. The average molecular weight is 319 g/mol. The first-order valence-electron chi connectivity index (χ1n) is 3.91. The second-order valence-corrected chi connectivity index (χ2v) is 5.05. The lowest BCUT2D eigenvalue weighted by Crippen LogP contribution is -1.88. The molecule has 0 N–H and O–H groups in total. The number of benzene rings is 1. The van der Waals surface area contributed by atoms with Gasteiger partial charge in [0.25, 0.3) is 5.69 Å². The molecule has 0 atom stereocenters. The number of halogens is 1. The summed E-state index contributed by atoms with van der Waals surface area (Å²) in [7, 11) is 0. The third-order valence-electron chi connectivity index (χ3n) is 2.01. The summed E-state index contributed by atoms with van der Waals surface area (Å²) in [5, 5.41) is 13.8. The summed E-state index contributed by atoms with van der Waals surface area (Å²) in [6, 6.07) is 3.25. The SMILES string of the molecule is Cc1csc2cc([N+](=O)[O-])cc(I)c12. The first-order chi connectivity index (χ1) is 6.59. The zero-order valence-electron chi connectivity index (χ0n) is 7.28. The Bertz CT molecular complexity index is 521. The van der Waals surface area contributed by atoms with Crippen LogP contribution in [0.4, 0.5) is 5.69 Å². The third kappa shape index (κ3) is 1.50. The Morgan fingerprint density at radius 3 is 2.86 bits per heavy atom. The van der Waals surface area contributed by atoms with Gasteiger partial charge in [0.1, 0.15) is 0 Å². The maximum absolute atomic E-state index is 10.6. The van der Waals surface area contributed by atoms with Crippen molar-refractivity contribution in [2.24, 2.45) is 0 Å². The van der Waals surface area contributed by atoms with E-state index in [0.717, 1.165) is 13.7 Å². The normalized spacial score (nSPS) is 10.7. The van der Waals surface area contributed by atoms with Gasteiger partial charge in [-0.05, 0) is 40.5 Å². The van der Waals surface area contributed by atoms with Crippen molar-refractivity contribution >= 4 is 49.7 Å². The molecule has 0 saturated carbocycles. The molecule has 1 heterocycles. The van der Waals surface area contributed by atoms with Gasteiger partial charge in [0.15, 0.2) is 0 Å². The molecule has 14 heavy (non-hydrogen) atoms. The van der Waals surface area contributed by atoms with Crippen LogP contribution in [0.3, 0.4) is 0 Å². The molecule has 0 radical (unpaired) electrons. The van der Waals surface area contributed by atoms with Gasteiger partial charge in [-0.3, -0.25) is 10.1 Å². The molecule has 0 fully saturated rings. The maximum Gasteiger partial charge on any atom is 0.271 e. The van der Waals surface area contributed by atoms with Crippen molar-refractivity contribution < 1.29 is 4.92 Å². The largest absolute Gasteiger partial charge is 0.271 e. The minimum atomic E-state index is -0.351. The average Bonchev–Trinajstić information content (AvgIpc) is 2.48. The predicted octanol–water partition coefficient (Wildman–Crippen LogP) is 3.72. The van der Waals surface area contributed by atoms with Gasteiger partial charge in [-0.25, -0.2) is 0 Å². The molecule has 0 saturated heterocycles. The lowest BCUT2D eigenvalue weighted by molar-refractivity contribution is -0.384. The monoisotopic (exact) mass is 319 g/mol. The Kier molecular flexibility index (Phi) is 2.44. The van der Waals surface area contributed by atoms with E-state index < -0.39 is 0 Å². The number of rotatable bonds is 1. The van der Waals surface area contributed by atoms with E-state index in [9.17, 15) is 10.1 Å². The number of hydrogen-bond donors (Lipinski definition) is 0. The van der Waals surface area contributed by atoms with Crippen molar-refractivity contribution in [2.75, 3.05) is 0 Å². The lowest BCUT2D eigenvalue weighted by atomic mass is 10.2. The van der Waals surface area contributed by atoms with Gasteiger partial charge in [-0.15, -0.1) is 11.3 Å². The minimum Gasteiger partial charge on any atom is -0.258 e. The second kappa shape index (κ2) is 3.47. The highest BCUT2D eigenvalue weighted by Gasteiger charge is 2.12. The van der Waals surface area contributed by atoms with E-state index in [1.165, 1.54) is 5.56 Å². The molecule has 2 rings (SSSR count). The summed E-state index contributed by atoms with van der Waals surface area (Å²) in [6.07, 6.45) is 0. The number of thiophene rings is 1. The molecule has 3 nitrogen and oxygen atoms in total. The minimum absolute atomic E-state index is 0.170. The van der Waals surface area contributed by atoms with Crippen LogP contribution >= 0.6 is 33.9 Å². The van der Waals surface area contributed by atoms with E-state index in [4.69, 9.17) is 0 Å².